The van der Waals surface area contributed by atoms with E-state index in [2.05, 4.69) is 10.6 Å². The van der Waals surface area contributed by atoms with Crippen molar-refractivity contribution in [3.8, 4) is 0 Å². The Morgan fingerprint density at radius 2 is 1.02 bits per heavy atom. The van der Waals surface area contributed by atoms with Crippen LogP contribution in [0.5, 0.6) is 0 Å². The number of hydrogen-bond acceptors (Lipinski definition) is 5. The molecule has 2 heterocycles. The van der Waals surface area contributed by atoms with Crippen LogP contribution in [0.4, 0.5) is 0 Å². The van der Waals surface area contributed by atoms with Gasteiger partial charge in [0.25, 0.3) is 11.8 Å². The van der Waals surface area contributed by atoms with Gasteiger partial charge >= 0.3 is 29.6 Å². The Balaban J connectivity index is 0.000000267. The maximum Gasteiger partial charge on any atom is 1.00 e. The number of carbonyl (C=O) groups is 2. The first-order valence-corrected chi connectivity index (χ1v) is 13.8. The molecule has 2 aromatic rings. The minimum Gasteiger partial charge on any atom is -0.870 e. The van der Waals surface area contributed by atoms with Crippen molar-refractivity contribution >= 4 is 69.4 Å². The van der Waals surface area contributed by atoms with Gasteiger partial charge < -0.3 is 26.3 Å². The van der Waals surface area contributed by atoms with Crippen LogP contribution >= 0.6 is 46.4 Å². The van der Waals surface area contributed by atoms with E-state index in [0.29, 0.717) is 43.1 Å². The molecule has 0 aromatic heterocycles. The number of hydrogen-bond donors (Lipinski definition) is 4. The summed E-state index contributed by atoms with van der Waals surface area (Å²) in [6.45, 7) is 3.70. The van der Waals surface area contributed by atoms with E-state index in [1.165, 1.54) is 0 Å². The fourth-order valence-electron chi connectivity index (χ4n) is 5.24. The fourth-order valence-corrected chi connectivity index (χ4v) is 6.01. The first-order valence-electron chi connectivity index (χ1n) is 12.3. The number of halogens is 4. The minimum absolute atomic E-state index is 0. The van der Waals surface area contributed by atoms with Crippen molar-refractivity contribution in [1.82, 2.24) is 10.6 Å². The topological polar surface area (TPSA) is 129 Å². The SMILES string of the molecule is C.CC1(C2CC2)NC(=O)C(c2cc(Cl)ccc2Cl)=C1O.CC1(C2CC2)NC(=O)C(c2cc(Cl)ccc2Cl)=C1O.[Na+].[OH-]. The molecule has 2 aliphatic heterocycles. The standard InChI is InChI=1S/2C14H13Cl2NO2.CH4.Na.H2O/c2*1-14(7-2-3-7)12(18)11(13(19)17-14)9-6-8(15)4-5-10(9)16;;;/h2*4-7,18H,2-3H2,1H3,(H,17,19);1H4;;1H2/q;;;+1;/p-1. The molecule has 6 rings (SSSR count). The van der Waals surface area contributed by atoms with Gasteiger partial charge in [-0.05, 0) is 87.8 Å². The average molecular weight is 652 g/mol. The zero-order chi connectivity index (χ0) is 27.6. The molecule has 2 fully saturated rings. The molecule has 2 aliphatic carbocycles. The molecule has 2 amide bonds. The summed E-state index contributed by atoms with van der Waals surface area (Å²) in [5.41, 5.74) is 0.0988. The maximum absolute atomic E-state index is 12.2. The van der Waals surface area contributed by atoms with E-state index in [-0.39, 0.29) is 76.9 Å². The molecule has 0 bridgehead atoms. The summed E-state index contributed by atoms with van der Waals surface area (Å²) in [5.74, 6) is 0.152. The summed E-state index contributed by atoms with van der Waals surface area (Å²) in [7, 11) is 0. The molecule has 5 N–H and O–H groups in total. The van der Waals surface area contributed by atoms with Crippen molar-refractivity contribution in [2.75, 3.05) is 0 Å². The molecule has 0 spiro atoms. The number of benzene rings is 2. The summed E-state index contributed by atoms with van der Waals surface area (Å²) in [6, 6.07) is 9.76. The third kappa shape index (κ3) is 6.58. The van der Waals surface area contributed by atoms with Crippen molar-refractivity contribution < 1.29 is 54.8 Å². The molecule has 0 radical (unpaired) electrons. The van der Waals surface area contributed by atoms with Crippen LogP contribution in [0.1, 0.15) is 58.1 Å². The normalized spacial score (nSPS) is 24.8. The molecule has 0 saturated heterocycles. The van der Waals surface area contributed by atoms with Gasteiger partial charge in [0.2, 0.25) is 0 Å². The van der Waals surface area contributed by atoms with Gasteiger partial charge in [0, 0.05) is 31.2 Å². The largest absolute Gasteiger partial charge is 1.00 e. The Kier molecular flexibility index (Phi) is 11.4. The predicted octanol–water partition coefficient (Wildman–Crippen LogP) is 4.59. The van der Waals surface area contributed by atoms with Gasteiger partial charge in [-0.2, -0.15) is 0 Å². The number of amides is 2. The Hall–Kier alpha value is -1.42. The van der Waals surface area contributed by atoms with Crippen molar-refractivity contribution in [3.63, 3.8) is 0 Å². The molecule has 216 valence electrons. The second-order valence-corrected chi connectivity index (χ2v) is 12.2. The first-order chi connectivity index (χ1) is 17.9. The van der Waals surface area contributed by atoms with Crippen LogP contribution in [-0.2, 0) is 9.59 Å². The van der Waals surface area contributed by atoms with Crippen LogP contribution in [0.3, 0.4) is 0 Å². The zero-order valence-electron chi connectivity index (χ0n) is 22.1. The van der Waals surface area contributed by atoms with Gasteiger partial charge in [-0.1, -0.05) is 53.8 Å². The smallest absolute Gasteiger partial charge is 0.870 e. The summed E-state index contributed by atoms with van der Waals surface area (Å²) in [4.78, 5) is 24.3. The van der Waals surface area contributed by atoms with Crippen LogP contribution in [0, 0.1) is 11.8 Å². The summed E-state index contributed by atoms with van der Waals surface area (Å²) >= 11 is 24.1. The summed E-state index contributed by atoms with van der Waals surface area (Å²) < 4.78 is 0. The van der Waals surface area contributed by atoms with E-state index in [1.54, 1.807) is 36.4 Å². The third-order valence-corrected chi connectivity index (χ3v) is 8.97. The molecule has 41 heavy (non-hydrogen) atoms. The van der Waals surface area contributed by atoms with E-state index < -0.39 is 11.1 Å². The van der Waals surface area contributed by atoms with Gasteiger partial charge in [-0.25, -0.2) is 0 Å². The molecule has 2 unspecified atom stereocenters. The monoisotopic (exact) mass is 650 g/mol. The molecule has 7 nitrogen and oxygen atoms in total. The quantitative estimate of drug-likeness (QED) is 0.360. The maximum atomic E-state index is 12.2. The number of aliphatic hydroxyl groups is 2. The van der Waals surface area contributed by atoms with E-state index in [9.17, 15) is 19.8 Å². The molecule has 12 heteroatoms. The zero-order valence-corrected chi connectivity index (χ0v) is 27.1. The third-order valence-electron chi connectivity index (χ3n) is 7.84. The Bertz CT molecular complexity index is 1330. The van der Waals surface area contributed by atoms with Crippen molar-refractivity contribution in [3.05, 3.63) is 79.1 Å². The van der Waals surface area contributed by atoms with Crippen molar-refractivity contribution in [2.24, 2.45) is 11.8 Å². The first kappa shape index (κ1) is 35.8. The van der Waals surface area contributed by atoms with Gasteiger partial charge in [0.05, 0.1) is 22.2 Å². The van der Waals surface area contributed by atoms with Gasteiger partial charge in [0.15, 0.2) is 0 Å². The van der Waals surface area contributed by atoms with Crippen LogP contribution < -0.4 is 40.2 Å². The van der Waals surface area contributed by atoms with E-state index in [0.717, 1.165) is 25.7 Å². The van der Waals surface area contributed by atoms with E-state index in [1.807, 2.05) is 13.8 Å². The number of nitrogens with one attached hydrogen (secondary N) is 2. The number of aliphatic hydroxyl groups excluding tert-OH is 2. The van der Waals surface area contributed by atoms with E-state index in [4.69, 9.17) is 46.4 Å². The van der Waals surface area contributed by atoms with Crippen LogP contribution in [0.25, 0.3) is 11.1 Å². The molecular weight excluding hydrogens is 621 g/mol. The molecule has 4 aliphatic rings. The van der Waals surface area contributed by atoms with Crippen LogP contribution in [0.15, 0.2) is 47.9 Å². The molecule has 2 atom stereocenters. The Morgan fingerprint density at radius 1 is 0.707 bits per heavy atom. The second kappa shape index (κ2) is 13.1. The van der Waals surface area contributed by atoms with Crippen molar-refractivity contribution in [1.29, 1.82) is 0 Å². The Morgan fingerprint density at radius 3 is 1.32 bits per heavy atom. The van der Waals surface area contributed by atoms with Gasteiger partial charge in [-0.15, -0.1) is 0 Å². The number of carbonyl (C=O) groups excluding carboxylic acids is 2. The molecular formula is C29H31Cl4N2NaO5. The van der Waals surface area contributed by atoms with E-state index >= 15 is 0 Å². The van der Waals surface area contributed by atoms with Crippen LogP contribution in [0.2, 0.25) is 20.1 Å². The second-order valence-electron chi connectivity index (χ2n) is 10.6. The van der Waals surface area contributed by atoms with Crippen molar-refractivity contribution in [2.45, 2.75) is 58.0 Å². The predicted molar refractivity (Wildman–Crippen MR) is 159 cm³/mol. The van der Waals surface area contributed by atoms with Gasteiger partial charge in [-0.3, -0.25) is 9.59 Å². The average Bonchev–Trinajstić information content (AvgIpc) is 3.76. The summed E-state index contributed by atoms with van der Waals surface area (Å²) in [6.07, 6.45) is 4.05. The number of rotatable bonds is 4. The molecule has 2 aromatic carbocycles. The Labute approximate surface area is 281 Å². The van der Waals surface area contributed by atoms with Crippen LogP contribution in [-0.4, -0.2) is 38.6 Å². The molecule has 2 saturated carbocycles. The fraction of sp³-hybridized carbons (Fsp3) is 0.379. The minimum atomic E-state index is -0.669. The summed E-state index contributed by atoms with van der Waals surface area (Å²) in [5, 5.41) is 28.4. The van der Waals surface area contributed by atoms with Gasteiger partial charge in [0.1, 0.15) is 11.5 Å².